The maximum absolute atomic E-state index is 13.0. The predicted octanol–water partition coefficient (Wildman–Crippen LogP) is 2.93. The molecule has 1 saturated heterocycles. The van der Waals surface area contributed by atoms with Gasteiger partial charge in [-0.3, -0.25) is 9.69 Å². The molecule has 1 N–H and O–H groups in total. The van der Waals surface area contributed by atoms with Gasteiger partial charge in [-0.1, -0.05) is 19.9 Å². The van der Waals surface area contributed by atoms with E-state index >= 15 is 0 Å². The average molecular weight is 478 g/mol. The standard InChI is InChI=1S/C24H35N3O5S/c1-18(2)12-24(29)27(7-6-26-8-10-31-11-9-26)14-19-4-5-21(30-3)22(13-19)32-16-23-25-20(15-28)17-33-23/h4-5,13,17-18,28H,6-12,14-16H2,1-3H3. The Hall–Kier alpha value is -2.20. The van der Waals surface area contributed by atoms with Crippen LogP contribution in [0.15, 0.2) is 23.6 Å². The van der Waals surface area contributed by atoms with E-state index in [2.05, 4.69) is 23.7 Å². The molecule has 0 unspecified atom stereocenters. The number of morpholine rings is 1. The Morgan fingerprint density at radius 1 is 1.30 bits per heavy atom. The van der Waals surface area contributed by atoms with Crippen LogP contribution < -0.4 is 9.47 Å². The molecule has 1 aliphatic rings. The first kappa shape index (κ1) is 25.4. The van der Waals surface area contributed by atoms with Gasteiger partial charge in [-0.05, 0) is 23.6 Å². The molecule has 0 bridgehead atoms. The number of rotatable bonds is 12. The lowest BCUT2D eigenvalue weighted by molar-refractivity contribution is -0.133. The number of hydrogen-bond acceptors (Lipinski definition) is 8. The molecule has 33 heavy (non-hydrogen) atoms. The lowest BCUT2D eigenvalue weighted by Crippen LogP contribution is -2.43. The van der Waals surface area contributed by atoms with Crippen LogP contribution in [-0.4, -0.2) is 72.3 Å². The van der Waals surface area contributed by atoms with Crippen LogP contribution in [0.2, 0.25) is 0 Å². The maximum atomic E-state index is 13.0. The van der Waals surface area contributed by atoms with Crippen molar-refractivity contribution in [3.05, 3.63) is 39.8 Å². The van der Waals surface area contributed by atoms with Crippen LogP contribution in [0, 0.1) is 5.92 Å². The van der Waals surface area contributed by atoms with E-state index in [4.69, 9.17) is 14.2 Å². The number of thiazole rings is 1. The summed E-state index contributed by atoms with van der Waals surface area (Å²) in [4.78, 5) is 21.6. The fourth-order valence-electron chi connectivity index (χ4n) is 3.64. The monoisotopic (exact) mass is 477 g/mol. The minimum Gasteiger partial charge on any atom is -0.493 e. The molecule has 0 spiro atoms. The van der Waals surface area contributed by atoms with Gasteiger partial charge in [0.05, 0.1) is 32.6 Å². The molecule has 9 heteroatoms. The number of methoxy groups -OCH3 is 1. The van der Waals surface area contributed by atoms with Crippen LogP contribution in [0.25, 0.3) is 0 Å². The van der Waals surface area contributed by atoms with Gasteiger partial charge in [-0.25, -0.2) is 4.98 Å². The zero-order valence-electron chi connectivity index (χ0n) is 19.8. The summed E-state index contributed by atoms with van der Waals surface area (Å²) in [6, 6.07) is 5.78. The molecule has 1 aliphatic heterocycles. The first-order chi connectivity index (χ1) is 16.0. The SMILES string of the molecule is COc1ccc(CN(CCN2CCOCC2)C(=O)CC(C)C)cc1OCc1nc(CO)cs1. The Morgan fingerprint density at radius 3 is 2.76 bits per heavy atom. The van der Waals surface area contributed by atoms with E-state index in [1.54, 1.807) is 7.11 Å². The van der Waals surface area contributed by atoms with Crippen LogP contribution in [0.4, 0.5) is 0 Å². The van der Waals surface area contributed by atoms with Crippen molar-refractivity contribution in [1.29, 1.82) is 0 Å². The highest BCUT2D eigenvalue weighted by molar-refractivity contribution is 7.09. The molecule has 2 heterocycles. The van der Waals surface area contributed by atoms with Crippen LogP contribution in [-0.2, 0) is 29.3 Å². The van der Waals surface area contributed by atoms with E-state index in [0.29, 0.717) is 42.6 Å². The zero-order valence-corrected chi connectivity index (χ0v) is 20.6. The maximum Gasteiger partial charge on any atom is 0.223 e. The average Bonchev–Trinajstić information content (AvgIpc) is 3.29. The van der Waals surface area contributed by atoms with Gasteiger partial charge in [-0.2, -0.15) is 0 Å². The van der Waals surface area contributed by atoms with Gasteiger partial charge in [0.2, 0.25) is 5.91 Å². The number of benzene rings is 1. The highest BCUT2D eigenvalue weighted by Gasteiger charge is 2.19. The topological polar surface area (TPSA) is 84.4 Å². The molecule has 1 fully saturated rings. The summed E-state index contributed by atoms with van der Waals surface area (Å²) in [6.45, 7) is 9.68. The summed E-state index contributed by atoms with van der Waals surface area (Å²) in [5.74, 6) is 1.71. The van der Waals surface area contributed by atoms with Gasteiger partial charge in [0.1, 0.15) is 11.6 Å². The van der Waals surface area contributed by atoms with Crippen LogP contribution >= 0.6 is 11.3 Å². The van der Waals surface area contributed by atoms with Crippen LogP contribution in [0.3, 0.4) is 0 Å². The number of nitrogens with zero attached hydrogens (tertiary/aromatic N) is 3. The van der Waals surface area contributed by atoms with Crippen molar-refractivity contribution in [2.75, 3.05) is 46.5 Å². The minimum atomic E-state index is -0.0833. The number of amides is 1. The lowest BCUT2D eigenvalue weighted by Gasteiger charge is -2.30. The van der Waals surface area contributed by atoms with E-state index in [1.165, 1.54) is 11.3 Å². The molecule has 0 saturated carbocycles. The summed E-state index contributed by atoms with van der Waals surface area (Å²) >= 11 is 1.45. The lowest BCUT2D eigenvalue weighted by atomic mass is 10.1. The molecule has 2 aromatic rings. The van der Waals surface area contributed by atoms with Gasteiger partial charge < -0.3 is 24.2 Å². The van der Waals surface area contributed by atoms with Crippen molar-refractivity contribution in [3.8, 4) is 11.5 Å². The van der Waals surface area contributed by atoms with Gasteiger partial charge >= 0.3 is 0 Å². The number of carbonyl (C=O) groups is 1. The van der Waals surface area contributed by atoms with Crippen molar-refractivity contribution in [2.24, 2.45) is 5.92 Å². The van der Waals surface area contributed by atoms with E-state index in [1.807, 2.05) is 28.5 Å². The number of ether oxygens (including phenoxy) is 3. The van der Waals surface area contributed by atoms with Gasteiger partial charge in [0, 0.05) is 44.5 Å². The van der Waals surface area contributed by atoms with E-state index in [-0.39, 0.29) is 19.1 Å². The van der Waals surface area contributed by atoms with Crippen LogP contribution in [0.5, 0.6) is 11.5 Å². The third kappa shape index (κ3) is 7.96. The molecule has 1 aromatic heterocycles. The van der Waals surface area contributed by atoms with E-state index < -0.39 is 0 Å². The summed E-state index contributed by atoms with van der Waals surface area (Å²) in [7, 11) is 1.61. The Labute approximate surface area is 200 Å². The number of hydrogen-bond donors (Lipinski definition) is 1. The second-order valence-electron chi connectivity index (χ2n) is 8.53. The Bertz CT molecular complexity index is 883. The van der Waals surface area contributed by atoms with Gasteiger partial charge in [0.25, 0.3) is 0 Å². The minimum absolute atomic E-state index is 0.0833. The summed E-state index contributed by atoms with van der Waals surface area (Å²) in [5, 5.41) is 11.8. The molecule has 8 nitrogen and oxygen atoms in total. The van der Waals surface area contributed by atoms with Gasteiger partial charge in [-0.15, -0.1) is 11.3 Å². The van der Waals surface area contributed by atoms with E-state index in [9.17, 15) is 9.90 Å². The third-order valence-electron chi connectivity index (χ3n) is 5.44. The summed E-state index contributed by atoms with van der Waals surface area (Å²) in [5.41, 5.74) is 1.62. The molecule has 3 rings (SSSR count). The molecule has 1 aromatic carbocycles. The van der Waals surface area contributed by atoms with Crippen molar-refractivity contribution < 1.29 is 24.1 Å². The molecular weight excluding hydrogens is 442 g/mol. The predicted molar refractivity (Wildman–Crippen MR) is 127 cm³/mol. The molecule has 0 radical (unpaired) electrons. The molecule has 0 aliphatic carbocycles. The highest BCUT2D eigenvalue weighted by Crippen LogP contribution is 2.30. The first-order valence-corrected chi connectivity index (χ1v) is 12.3. The Balaban J connectivity index is 1.68. The quantitative estimate of drug-likeness (QED) is 0.503. The Morgan fingerprint density at radius 2 is 2.09 bits per heavy atom. The number of aromatic nitrogens is 1. The number of aliphatic hydroxyl groups is 1. The Kier molecular flexibility index (Phi) is 9.93. The van der Waals surface area contributed by atoms with Crippen LogP contribution in [0.1, 0.15) is 36.5 Å². The smallest absolute Gasteiger partial charge is 0.223 e. The van der Waals surface area contributed by atoms with Crippen molar-refractivity contribution in [1.82, 2.24) is 14.8 Å². The zero-order chi connectivity index (χ0) is 23.6. The highest BCUT2D eigenvalue weighted by atomic mass is 32.1. The fourth-order valence-corrected chi connectivity index (χ4v) is 4.33. The van der Waals surface area contributed by atoms with E-state index in [0.717, 1.165) is 43.4 Å². The van der Waals surface area contributed by atoms with Crippen molar-refractivity contribution in [2.45, 2.75) is 40.0 Å². The normalized spacial score (nSPS) is 14.5. The number of carbonyl (C=O) groups excluding carboxylic acids is 1. The fraction of sp³-hybridized carbons (Fsp3) is 0.583. The van der Waals surface area contributed by atoms with Crippen molar-refractivity contribution in [3.63, 3.8) is 0 Å². The largest absolute Gasteiger partial charge is 0.493 e. The second kappa shape index (κ2) is 12.9. The van der Waals surface area contributed by atoms with Crippen molar-refractivity contribution >= 4 is 17.2 Å². The summed E-state index contributed by atoms with van der Waals surface area (Å²) in [6.07, 6.45) is 0.528. The number of aliphatic hydroxyl groups excluding tert-OH is 1. The molecule has 1 amide bonds. The molecule has 182 valence electrons. The third-order valence-corrected chi connectivity index (χ3v) is 6.31. The summed E-state index contributed by atoms with van der Waals surface area (Å²) < 4.78 is 16.9. The molecular formula is C24H35N3O5S. The second-order valence-corrected chi connectivity index (χ2v) is 9.47. The molecule has 0 atom stereocenters. The first-order valence-electron chi connectivity index (χ1n) is 11.4. The van der Waals surface area contributed by atoms with Gasteiger partial charge in [0.15, 0.2) is 11.5 Å².